The molecule has 0 fully saturated rings. The van der Waals surface area contributed by atoms with Crippen molar-refractivity contribution >= 4 is 5.91 Å². The van der Waals surface area contributed by atoms with Gasteiger partial charge in [-0.05, 0) is 28.3 Å². The van der Waals surface area contributed by atoms with Gasteiger partial charge < -0.3 is 0 Å². The van der Waals surface area contributed by atoms with Crippen LogP contribution in [0.1, 0.15) is 48.7 Å². The maximum Gasteiger partial charge on any atom is 0.335 e. The number of nitrogens with one attached hydrogen (secondary N) is 1. The average molecular weight is 455 g/mol. The molecule has 8 heteroatoms. The summed E-state index contributed by atoms with van der Waals surface area (Å²) >= 11 is 0. The van der Waals surface area contributed by atoms with Crippen LogP contribution < -0.4 is 5.69 Å². The van der Waals surface area contributed by atoms with Crippen LogP contribution >= 0.6 is 0 Å². The first-order chi connectivity index (χ1) is 16.6. The number of aryl methyl sites for hydroxylation is 1. The third-order valence-corrected chi connectivity index (χ3v) is 5.72. The fraction of sp³-hybridized carbons (Fsp3) is 0.269. The Morgan fingerprint density at radius 1 is 1.12 bits per heavy atom. The number of aromatic amines is 1. The Kier molecular flexibility index (Phi) is 7.13. The fourth-order valence-electron chi connectivity index (χ4n) is 3.90. The van der Waals surface area contributed by atoms with Crippen LogP contribution in [0, 0.1) is 12.3 Å². The number of benzene rings is 2. The summed E-state index contributed by atoms with van der Waals surface area (Å²) in [6.45, 7) is 2.38. The predicted molar refractivity (Wildman–Crippen MR) is 130 cm³/mol. The Balaban J connectivity index is 1.62. The lowest BCUT2D eigenvalue weighted by atomic mass is 9.98. The second-order valence-electron chi connectivity index (χ2n) is 8.04. The van der Waals surface area contributed by atoms with Crippen LogP contribution in [0.4, 0.5) is 0 Å². The van der Waals surface area contributed by atoms with Gasteiger partial charge in [-0.3, -0.25) is 9.36 Å². The summed E-state index contributed by atoms with van der Waals surface area (Å²) in [6, 6.07) is 15.8. The molecule has 0 aliphatic rings. The Bertz CT molecular complexity index is 1360. The zero-order valence-electron chi connectivity index (χ0n) is 19.1. The van der Waals surface area contributed by atoms with Crippen molar-refractivity contribution in [3.8, 4) is 34.9 Å². The highest BCUT2D eigenvalue weighted by Gasteiger charge is 2.16. The lowest BCUT2D eigenvalue weighted by Gasteiger charge is -2.10. The summed E-state index contributed by atoms with van der Waals surface area (Å²) in [4.78, 5) is 25.6. The normalized spacial score (nSPS) is 10.8. The SMILES string of the molecule is C#CCCc1cn(C(=O)CCCC)c(=O)n1Cc1ccc(-c2ccccc2-c2nn[nH]n2)cc1. The highest BCUT2D eigenvalue weighted by Crippen LogP contribution is 2.29. The molecule has 4 aromatic rings. The van der Waals surface area contributed by atoms with Gasteiger partial charge in [-0.25, -0.2) is 9.36 Å². The van der Waals surface area contributed by atoms with E-state index < -0.39 is 0 Å². The number of hydrogen-bond donors (Lipinski definition) is 1. The second kappa shape index (κ2) is 10.6. The number of imidazole rings is 1. The van der Waals surface area contributed by atoms with Crippen LogP contribution in [0.2, 0.25) is 0 Å². The quantitative estimate of drug-likeness (QED) is 0.386. The van der Waals surface area contributed by atoms with Gasteiger partial charge in [-0.1, -0.05) is 61.9 Å². The first kappa shape index (κ1) is 22.9. The second-order valence-corrected chi connectivity index (χ2v) is 8.04. The summed E-state index contributed by atoms with van der Waals surface area (Å²) in [5, 5.41) is 14.3. The first-order valence-electron chi connectivity index (χ1n) is 11.3. The van der Waals surface area contributed by atoms with Crippen molar-refractivity contribution in [1.82, 2.24) is 29.8 Å². The largest absolute Gasteiger partial charge is 0.335 e. The highest BCUT2D eigenvalue weighted by molar-refractivity contribution is 5.80. The van der Waals surface area contributed by atoms with E-state index in [-0.39, 0.29) is 11.6 Å². The molecule has 0 aliphatic carbocycles. The van der Waals surface area contributed by atoms with E-state index in [1.165, 1.54) is 4.57 Å². The summed E-state index contributed by atoms with van der Waals surface area (Å²) in [7, 11) is 0. The number of carbonyl (C=O) groups excluding carboxylic acids is 1. The van der Waals surface area contributed by atoms with Crippen LogP contribution in [0.25, 0.3) is 22.5 Å². The molecule has 0 spiro atoms. The van der Waals surface area contributed by atoms with Crippen LogP contribution in [-0.2, 0) is 13.0 Å². The van der Waals surface area contributed by atoms with Crippen molar-refractivity contribution in [3.05, 3.63) is 76.5 Å². The van der Waals surface area contributed by atoms with Crippen molar-refractivity contribution < 1.29 is 4.79 Å². The molecule has 34 heavy (non-hydrogen) atoms. The number of terminal acetylenes is 1. The summed E-state index contributed by atoms with van der Waals surface area (Å²) in [5.74, 6) is 2.96. The van der Waals surface area contributed by atoms with E-state index in [4.69, 9.17) is 6.42 Å². The molecule has 2 aromatic carbocycles. The molecule has 172 valence electrons. The number of unbranched alkanes of at least 4 members (excludes halogenated alkanes) is 1. The van der Waals surface area contributed by atoms with E-state index in [0.29, 0.717) is 31.6 Å². The number of hydrogen-bond acceptors (Lipinski definition) is 5. The van der Waals surface area contributed by atoms with Gasteiger partial charge in [0.15, 0.2) is 0 Å². The van der Waals surface area contributed by atoms with E-state index >= 15 is 0 Å². The molecule has 0 saturated heterocycles. The van der Waals surface area contributed by atoms with Crippen LogP contribution in [0.5, 0.6) is 0 Å². The molecule has 0 aliphatic heterocycles. The lowest BCUT2D eigenvalue weighted by molar-refractivity contribution is 0.0894. The van der Waals surface area contributed by atoms with Gasteiger partial charge in [-0.2, -0.15) is 5.21 Å². The predicted octanol–water partition coefficient (Wildman–Crippen LogP) is 3.94. The molecule has 1 N–H and O–H groups in total. The van der Waals surface area contributed by atoms with Gasteiger partial charge in [0.25, 0.3) is 0 Å². The molecule has 0 radical (unpaired) electrons. The van der Waals surface area contributed by atoms with E-state index in [1.54, 1.807) is 10.8 Å². The number of rotatable bonds is 9. The third-order valence-electron chi connectivity index (χ3n) is 5.72. The van der Waals surface area contributed by atoms with E-state index in [2.05, 4.69) is 26.5 Å². The minimum Gasteiger partial charge on any atom is -0.292 e. The molecule has 8 nitrogen and oxygen atoms in total. The molecule has 2 aromatic heterocycles. The van der Waals surface area contributed by atoms with E-state index in [1.807, 2.05) is 55.5 Å². The molecule has 0 unspecified atom stereocenters. The fourth-order valence-corrected chi connectivity index (χ4v) is 3.90. The Labute approximate surface area is 197 Å². The van der Waals surface area contributed by atoms with E-state index in [0.717, 1.165) is 40.8 Å². The van der Waals surface area contributed by atoms with Crippen molar-refractivity contribution in [1.29, 1.82) is 0 Å². The number of H-pyrrole nitrogens is 1. The number of nitrogens with zero attached hydrogens (tertiary/aromatic N) is 5. The summed E-state index contributed by atoms with van der Waals surface area (Å²) in [6.07, 6.45) is 10.1. The summed E-state index contributed by atoms with van der Waals surface area (Å²) in [5.41, 5.74) is 4.24. The maximum absolute atomic E-state index is 13.1. The number of carbonyl (C=O) groups is 1. The van der Waals surface area contributed by atoms with E-state index in [9.17, 15) is 9.59 Å². The Hall–Kier alpha value is -4.25. The molecular weight excluding hydrogens is 428 g/mol. The Morgan fingerprint density at radius 2 is 1.88 bits per heavy atom. The molecule has 0 amide bonds. The minimum absolute atomic E-state index is 0.180. The lowest BCUT2D eigenvalue weighted by Crippen LogP contribution is -2.29. The van der Waals surface area contributed by atoms with Gasteiger partial charge >= 0.3 is 5.69 Å². The van der Waals surface area contributed by atoms with Gasteiger partial charge in [0.2, 0.25) is 11.7 Å². The maximum atomic E-state index is 13.1. The van der Waals surface area contributed by atoms with Crippen molar-refractivity contribution in [2.75, 3.05) is 0 Å². The van der Waals surface area contributed by atoms with Crippen LogP contribution in [-0.4, -0.2) is 35.7 Å². The standard InChI is InChI=1S/C26H26N6O2/c1-3-5-9-21-18-32(24(33)12-6-4-2)26(34)31(21)17-19-13-15-20(16-14-19)22-10-7-8-11-23(22)25-27-29-30-28-25/h1,7-8,10-11,13-16,18H,4-6,9,12,17H2,2H3,(H,27,28,29,30). The van der Waals surface area contributed by atoms with Gasteiger partial charge in [0, 0.05) is 36.7 Å². The van der Waals surface area contributed by atoms with Gasteiger partial charge in [0.05, 0.1) is 6.54 Å². The molecule has 0 saturated carbocycles. The van der Waals surface area contributed by atoms with Crippen molar-refractivity contribution in [2.45, 2.75) is 45.6 Å². The Morgan fingerprint density at radius 3 is 2.56 bits per heavy atom. The summed E-state index contributed by atoms with van der Waals surface area (Å²) < 4.78 is 2.88. The van der Waals surface area contributed by atoms with Crippen molar-refractivity contribution in [2.24, 2.45) is 0 Å². The first-order valence-corrected chi connectivity index (χ1v) is 11.3. The highest BCUT2D eigenvalue weighted by atomic mass is 16.2. The number of aromatic nitrogens is 6. The zero-order valence-corrected chi connectivity index (χ0v) is 19.1. The number of tetrazole rings is 1. The molecule has 0 atom stereocenters. The average Bonchev–Trinajstić information content (AvgIpc) is 3.51. The van der Waals surface area contributed by atoms with Crippen LogP contribution in [0.3, 0.4) is 0 Å². The van der Waals surface area contributed by atoms with Crippen LogP contribution in [0.15, 0.2) is 59.5 Å². The van der Waals surface area contributed by atoms with Gasteiger partial charge in [0.1, 0.15) is 0 Å². The minimum atomic E-state index is -0.320. The molecule has 0 bridgehead atoms. The van der Waals surface area contributed by atoms with Gasteiger partial charge in [-0.15, -0.1) is 22.5 Å². The molecule has 4 rings (SSSR count). The monoisotopic (exact) mass is 454 g/mol. The van der Waals surface area contributed by atoms with Crippen molar-refractivity contribution in [3.63, 3.8) is 0 Å². The smallest absolute Gasteiger partial charge is 0.292 e. The zero-order chi connectivity index (χ0) is 23.9. The topological polar surface area (TPSA) is 98.5 Å². The molecular formula is C26H26N6O2. The third kappa shape index (κ3) is 4.89. The molecule has 2 heterocycles.